The second-order valence-electron chi connectivity index (χ2n) is 4.18. The highest BCUT2D eigenvalue weighted by Gasteiger charge is 2.50. The van der Waals surface area contributed by atoms with Gasteiger partial charge in [0, 0.05) is 5.92 Å². The molecule has 5 unspecified atom stereocenters. The smallest absolute Gasteiger partial charge is 0.270 e. The molecule has 1 aliphatic carbocycles. The maximum atomic E-state index is 11.0. The summed E-state index contributed by atoms with van der Waals surface area (Å²) in [6.45, 7) is 1.26. The first-order valence-corrected chi connectivity index (χ1v) is 7.75. The zero-order chi connectivity index (χ0) is 13.6. The summed E-state index contributed by atoms with van der Waals surface area (Å²) >= 11 is 0. The molecule has 0 radical (unpaired) electrons. The lowest BCUT2D eigenvalue weighted by Crippen LogP contribution is -2.56. The maximum Gasteiger partial charge on any atom is 0.270 e. The van der Waals surface area contributed by atoms with E-state index in [0.717, 1.165) is 0 Å². The van der Waals surface area contributed by atoms with E-state index in [1.807, 2.05) is 0 Å². The number of hydrogen-bond acceptors (Lipinski definition) is 6. The van der Waals surface area contributed by atoms with Crippen molar-refractivity contribution >= 4 is 20.2 Å². The van der Waals surface area contributed by atoms with Crippen molar-refractivity contribution in [3.63, 3.8) is 0 Å². The summed E-state index contributed by atoms with van der Waals surface area (Å²) in [5.74, 6) is -1.04. The highest BCUT2D eigenvalue weighted by molar-refractivity contribution is 7.87. The molecular weight excluding hydrogens is 276 g/mol. The number of aliphatic hydroxyl groups is 2. The Morgan fingerprint density at radius 2 is 1.29 bits per heavy atom. The zero-order valence-electron chi connectivity index (χ0n) is 8.83. The molecule has 102 valence electrons. The molecule has 0 aromatic carbocycles. The summed E-state index contributed by atoms with van der Waals surface area (Å²) < 4.78 is 61.6. The molecule has 8 nitrogen and oxygen atoms in total. The second kappa shape index (κ2) is 4.44. The summed E-state index contributed by atoms with van der Waals surface area (Å²) in [4.78, 5) is 0. The number of hydrogen-bond donors (Lipinski definition) is 4. The number of rotatable bonds is 2. The van der Waals surface area contributed by atoms with E-state index in [1.165, 1.54) is 6.92 Å². The minimum atomic E-state index is -4.71. The van der Waals surface area contributed by atoms with Gasteiger partial charge in [-0.3, -0.25) is 9.11 Å². The van der Waals surface area contributed by atoms with Crippen molar-refractivity contribution in [1.82, 2.24) is 0 Å². The fraction of sp³-hybridized carbons (Fsp3) is 1.00. The van der Waals surface area contributed by atoms with E-state index < -0.39 is 55.3 Å². The van der Waals surface area contributed by atoms with Crippen LogP contribution in [0.15, 0.2) is 0 Å². The summed E-state index contributed by atoms with van der Waals surface area (Å²) in [6, 6.07) is 0. The van der Waals surface area contributed by atoms with Crippen molar-refractivity contribution in [3.05, 3.63) is 0 Å². The van der Waals surface area contributed by atoms with Crippen LogP contribution in [0.1, 0.15) is 13.3 Å². The van der Waals surface area contributed by atoms with Gasteiger partial charge in [0.05, 0.1) is 17.5 Å². The molecule has 0 aromatic rings. The van der Waals surface area contributed by atoms with Gasteiger partial charge in [0.25, 0.3) is 20.2 Å². The Balaban J connectivity index is 3.17. The van der Waals surface area contributed by atoms with Crippen LogP contribution in [-0.2, 0) is 20.2 Å². The van der Waals surface area contributed by atoms with Crippen molar-refractivity contribution in [2.45, 2.75) is 36.1 Å². The first-order valence-electron chi connectivity index (χ1n) is 4.75. The summed E-state index contributed by atoms with van der Waals surface area (Å²) in [5.41, 5.74) is 0. The van der Waals surface area contributed by atoms with Crippen LogP contribution in [0.5, 0.6) is 0 Å². The molecule has 1 saturated carbocycles. The lowest BCUT2D eigenvalue weighted by Gasteiger charge is -2.38. The van der Waals surface area contributed by atoms with Crippen molar-refractivity contribution in [3.8, 4) is 0 Å². The molecule has 0 bridgehead atoms. The molecule has 5 atom stereocenters. The number of aliphatic hydroxyl groups excluding tert-OH is 2. The molecular formula is C7H14O8S2. The van der Waals surface area contributed by atoms with Crippen LogP contribution >= 0.6 is 0 Å². The van der Waals surface area contributed by atoms with Crippen LogP contribution in [0, 0.1) is 5.92 Å². The van der Waals surface area contributed by atoms with Gasteiger partial charge in [-0.1, -0.05) is 6.92 Å². The molecule has 0 amide bonds. The molecule has 0 heterocycles. The Morgan fingerprint density at radius 1 is 0.882 bits per heavy atom. The molecule has 0 aromatic heterocycles. The van der Waals surface area contributed by atoms with E-state index in [0.29, 0.717) is 0 Å². The SMILES string of the molecule is CC1C(O)C(O)C(S(=O)(=O)O)CC1S(=O)(=O)O. The van der Waals surface area contributed by atoms with E-state index in [1.54, 1.807) is 0 Å². The fourth-order valence-electron chi connectivity index (χ4n) is 2.02. The molecule has 0 spiro atoms. The van der Waals surface area contributed by atoms with Crippen LogP contribution in [0.4, 0.5) is 0 Å². The Kier molecular flexibility index (Phi) is 3.87. The van der Waals surface area contributed by atoms with Crippen molar-refractivity contribution < 1.29 is 36.2 Å². The molecule has 1 fully saturated rings. The van der Waals surface area contributed by atoms with Crippen molar-refractivity contribution in [2.24, 2.45) is 5.92 Å². The van der Waals surface area contributed by atoms with Gasteiger partial charge in [0.2, 0.25) is 0 Å². The minimum absolute atomic E-state index is 0.670. The van der Waals surface area contributed by atoms with Gasteiger partial charge in [-0.15, -0.1) is 0 Å². The average Bonchev–Trinajstić information content (AvgIpc) is 2.10. The molecule has 10 heteroatoms. The first-order chi connectivity index (χ1) is 7.46. The van der Waals surface area contributed by atoms with Gasteiger partial charge in [-0.2, -0.15) is 16.8 Å². The van der Waals surface area contributed by atoms with E-state index in [-0.39, 0.29) is 0 Å². The maximum absolute atomic E-state index is 11.0. The largest absolute Gasteiger partial charge is 0.390 e. The molecule has 0 saturated heterocycles. The van der Waals surface area contributed by atoms with Crippen LogP contribution in [-0.4, -0.2) is 58.9 Å². The monoisotopic (exact) mass is 290 g/mol. The summed E-state index contributed by atoms with van der Waals surface area (Å²) in [5, 5.41) is 15.6. The standard InChI is InChI=1S/C7H14O8S2/c1-3-4(16(10,11)12)2-5(17(13,14)15)7(9)6(3)8/h3-9H,2H2,1H3,(H,10,11,12)(H,13,14,15). The fourth-order valence-corrected chi connectivity index (χ4v) is 4.26. The van der Waals surface area contributed by atoms with Crippen molar-refractivity contribution in [2.75, 3.05) is 0 Å². The third-order valence-electron chi connectivity index (χ3n) is 3.09. The van der Waals surface area contributed by atoms with Gasteiger partial charge in [0.15, 0.2) is 0 Å². The molecule has 4 N–H and O–H groups in total. The van der Waals surface area contributed by atoms with Gasteiger partial charge >= 0.3 is 0 Å². The minimum Gasteiger partial charge on any atom is -0.390 e. The van der Waals surface area contributed by atoms with Crippen molar-refractivity contribution in [1.29, 1.82) is 0 Å². The summed E-state index contributed by atoms with van der Waals surface area (Å²) in [7, 11) is -9.28. The molecule has 0 aliphatic heterocycles. The zero-order valence-corrected chi connectivity index (χ0v) is 10.5. The van der Waals surface area contributed by atoms with Crippen LogP contribution < -0.4 is 0 Å². The van der Waals surface area contributed by atoms with E-state index in [4.69, 9.17) is 9.11 Å². The van der Waals surface area contributed by atoms with Gasteiger partial charge < -0.3 is 10.2 Å². The highest BCUT2D eigenvalue weighted by Crippen LogP contribution is 2.32. The Hall–Kier alpha value is -0.260. The quantitative estimate of drug-likeness (QED) is 0.438. The predicted molar refractivity (Wildman–Crippen MR) is 56.5 cm³/mol. The van der Waals surface area contributed by atoms with Gasteiger partial charge in [-0.05, 0) is 6.42 Å². The average molecular weight is 290 g/mol. The van der Waals surface area contributed by atoms with Gasteiger partial charge in [0.1, 0.15) is 5.25 Å². The van der Waals surface area contributed by atoms with E-state index in [9.17, 15) is 27.0 Å². The predicted octanol–water partition coefficient (Wildman–Crippen LogP) is -1.74. The van der Waals surface area contributed by atoms with Crippen LogP contribution in [0.25, 0.3) is 0 Å². The van der Waals surface area contributed by atoms with E-state index in [2.05, 4.69) is 0 Å². The third-order valence-corrected chi connectivity index (χ3v) is 5.71. The lowest BCUT2D eigenvalue weighted by atomic mass is 9.85. The van der Waals surface area contributed by atoms with Gasteiger partial charge in [-0.25, -0.2) is 0 Å². The molecule has 17 heavy (non-hydrogen) atoms. The second-order valence-corrected chi connectivity index (χ2v) is 7.45. The lowest BCUT2D eigenvalue weighted by molar-refractivity contribution is -0.0369. The Labute approximate surface area is 98.8 Å². The third kappa shape index (κ3) is 2.95. The normalized spacial score (nSPS) is 40.2. The molecule has 1 aliphatic rings. The Bertz CT molecular complexity index is 436. The highest BCUT2D eigenvalue weighted by atomic mass is 32.2. The Morgan fingerprint density at radius 3 is 1.65 bits per heavy atom. The summed E-state index contributed by atoms with van der Waals surface area (Å²) in [6.07, 6.45) is -4.13. The molecule has 1 rings (SSSR count). The van der Waals surface area contributed by atoms with E-state index >= 15 is 0 Å². The van der Waals surface area contributed by atoms with Crippen LogP contribution in [0.2, 0.25) is 0 Å². The topological polar surface area (TPSA) is 149 Å². The van der Waals surface area contributed by atoms with Crippen LogP contribution in [0.3, 0.4) is 0 Å². The first kappa shape index (κ1) is 14.8.